The van der Waals surface area contributed by atoms with Crippen LogP contribution in [-0.4, -0.2) is 9.36 Å². The van der Waals surface area contributed by atoms with Crippen LogP contribution in [0.25, 0.3) is 0 Å². The van der Waals surface area contributed by atoms with Gasteiger partial charge in [-0.15, -0.1) is 11.3 Å². The molecule has 0 bridgehead atoms. The number of hydrogen-bond acceptors (Lipinski definition) is 5. The number of aromatic nitrogens is 2. The molecule has 80 valence electrons. The molecule has 0 atom stereocenters. The molecule has 2 rings (SSSR count). The van der Waals surface area contributed by atoms with Crippen molar-refractivity contribution in [2.75, 3.05) is 5.32 Å². The number of anilines is 1. The van der Waals surface area contributed by atoms with Gasteiger partial charge in [0.1, 0.15) is 5.82 Å². The fraction of sp³-hybridized carbons (Fsp3) is 0.400. The van der Waals surface area contributed by atoms with Gasteiger partial charge in [0.2, 0.25) is 5.13 Å². The zero-order chi connectivity index (χ0) is 10.5. The molecular formula is C10H13N3S2. The Balaban J connectivity index is 1.88. The molecule has 2 aromatic rings. The summed E-state index contributed by atoms with van der Waals surface area (Å²) < 4.78 is 4.28. The lowest BCUT2D eigenvalue weighted by molar-refractivity contribution is 0.861. The SMILES string of the molecule is CCCc1nsc(NCc2cccs2)n1. The number of nitrogens with zero attached hydrogens (tertiary/aromatic N) is 2. The first kappa shape index (κ1) is 10.6. The van der Waals surface area contributed by atoms with Gasteiger partial charge in [0.15, 0.2) is 0 Å². The maximum absolute atomic E-state index is 4.40. The van der Waals surface area contributed by atoms with Gasteiger partial charge in [-0.3, -0.25) is 0 Å². The van der Waals surface area contributed by atoms with Gasteiger partial charge in [-0.2, -0.15) is 4.37 Å². The normalized spacial score (nSPS) is 10.5. The highest BCUT2D eigenvalue weighted by Gasteiger charge is 2.02. The van der Waals surface area contributed by atoms with E-state index in [0.29, 0.717) is 0 Å². The lowest BCUT2D eigenvalue weighted by Gasteiger charge is -1.97. The van der Waals surface area contributed by atoms with Crippen molar-refractivity contribution in [3.8, 4) is 0 Å². The zero-order valence-electron chi connectivity index (χ0n) is 8.56. The van der Waals surface area contributed by atoms with Crippen LogP contribution >= 0.6 is 22.9 Å². The van der Waals surface area contributed by atoms with Crippen LogP contribution in [0.5, 0.6) is 0 Å². The van der Waals surface area contributed by atoms with E-state index < -0.39 is 0 Å². The molecule has 0 amide bonds. The minimum Gasteiger partial charge on any atom is -0.355 e. The molecule has 0 fully saturated rings. The molecule has 0 aliphatic heterocycles. The van der Waals surface area contributed by atoms with E-state index >= 15 is 0 Å². The molecule has 3 nitrogen and oxygen atoms in total. The van der Waals surface area contributed by atoms with Crippen molar-refractivity contribution in [1.82, 2.24) is 9.36 Å². The van der Waals surface area contributed by atoms with Crippen molar-refractivity contribution in [3.63, 3.8) is 0 Å². The number of hydrogen-bond donors (Lipinski definition) is 1. The van der Waals surface area contributed by atoms with Crippen LogP contribution in [0.4, 0.5) is 5.13 Å². The Hall–Kier alpha value is -0.940. The maximum atomic E-state index is 4.40. The number of aryl methyl sites for hydroxylation is 1. The van der Waals surface area contributed by atoms with E-state index in [-0.39, 0.29) is 0 Å². The van der Waals surface area contributed by atoms with Crippen LogP contribution in [0.1, 0.15) is 24.0 Å². The minimum absolute atomic E-state index is 0.846. The van der Waals surface area contributed by atoms with Crippen molar-refractivity contribution in [2.45, 2.75) is 26.3 Å². The van der Waals surface area contributed by atoms with Gasteiger partial charge in [0, 0.05) is 22.8 Å². The van der Waals surface area contributed by atoms with Crippen molar-refractivity contribution in [2.24, 2.45) is 0 Å². The molecule has 1 N–H and O–H groups in total. The van der Waals surface area contributed by atoms with Crippen LogP contribution in [0, 0.1) is 0 Å². The van der Waals surface area contributed by atoms with E-state index in [1.54, 1.807) is 11.3 Å². The van der Waals surface area contributed by atoms with Crippen LogP contribution in [0.3, 0.4) is 0 Å². The van der Waals surface area contributed by atoms with Gasteiger partial charge in [-0.05, 0) is 17.9 Å². The topological polar surface area (TPSA) is 37.8 Å². The molecule has 5 heteroatoms. The quantitative estimate of drug-likeness (QED) is 0.871. The third kappa shape index (κ3) is 3.00. The Kier molecular flexibility index (Phi) is 3.69. The Bertz CT molecular complexity index is 394. The van der Waals surface area contributed by atoms with Crippen molar-refractivity contribution in [3.05, 3.63) is 28.2 Å². The monoisotopic (exact) mass is 239 g/mol. The lowest BCUT2D eigenvalue weighted by atomic mass is 10.3. The highest BCUT2D eigenvalue weighted by atomic mass is 32.1. The Morgan fingerprint density at radius 2 is 2.40 bits per heavy atom. The smallest absolute Gasteiger partial charge is 0.202 e. The van der Waals surface area contributed by atoms with E-state index in [2.05, 4.69) is 39.1 Å². The summed E-state index contributed by atoms with van der Waals surface area (Å²) in [6.45, 7) is 2.98. The molecule has 0 saturated carbocycles. The van der Waals surface area contributed by atoms with Gasteiger partial charge in [0.05, 0.1) is 6.54 Å². The fourth-order valence-corrected chi connectivity index (χ4v) is 2.48. The second-order valence-corrected chi connectivity index (χ2v) is 4.98. The van der Waals surface area contributed by atoms with Crippen molar-refractivity contribution >= 4 is 28.0 Å². The van der Waals surface area contributed by atoms with E-state index in [0.717, 1.165) is 30.3 Å². The van der Waals surface area contributed by atoms with Gasteiger partial charge in [0.25, 0.3) is 0 Å². The van der Waals surface area contributed by atoms with E-state index in [9.17, 15) is 0 Å². The average Bonchev–Trinajstić information content (AvgIpc) is 2.85. The summed E-state index contributed by atoms with van der Waals surface area (Å²) in [6.07, 6.45) is 2.07. The van der Waals surface area contributed by atoms with Crippen LogP contribution in [-0.2, 0) is 13.0 Å². The summed E-state index contributed by atoms with van der Waals surface area (Å²) in [5.74, 6) is 0.955. The summed E-state index contributed by atoms with van der Waals surface area (Å²) in [5.41, 5.74) is 0. The van der Waals surface area contributed by atoms with Crippen molar-refractivity contribution in [1.29, 1.82) is 0 Å². The van der Waals surface area contributed by atoms with Gasteiger partial charge in [-0.25, -0.2) is 4.98 Å². The van der Waals surface area contributed by atoms with Gasteiger partial charge in [-0.1, -0.05) is 13.0 Å². The van der Waals surface area contributed by atoms with Gasteiger partial charge < -0.3 is 5.32 Å². The molecule has 2 heterocycles. The van der Waals surface area contributed by atoms with Crippen LogP contribution < -0.4 is 5.32 Å². The standard InChI is InChI=1S/C10H13N3S2/c1-2-4-9-12-10(15-13-9)11-7-8-5-3-6-14-8/h3,5-6H,2,4,7H2,1H3,(H,11,12,13). The average molecular weight is 239 g/mol. The predicted molar refractivity (Wildman–Crippen MR) is 65.5 cm³/mol. The summed E-state index contributed by atoms with van der Waals surface area (Å²) >= 11 is 3.20. The molecule has 0 aromatic carbocycles. The predicted octanol–water partition coefficient (Wildman–Crippen LogP) is 3.16. The third-order valence-electron chi connectivity index (χ3n) is 1.94. The number of rotatable bonds is 5. The fourth-order valence-electron chi connectivity index (χ4n) is 1.23. The van der Waals surface area contributed by atoms with Crippen molar-refractivity contribution < 1.29 is 0 Å². The first-order valence-corrected chi connectivity index (χ1v) is 6.62. The minimum atomic E-state index is 0.846. The number of nitrogens with one attached hydrogen (secondary N) is 1. The third-order valence-corrected chi connectivity index (χ3v) is 3.52. The lowest BCUT2D eigenvalue weighted by Crippen LogP contribution is -1.96. The Morgan fingerprint density at radius 3 is 3.13 bits per heavy atom. The Labute approximate surface area is 97.4 Å². The second-order valence-electron chi connectivity index (χ2n) is 3.20. The van der Waals surface area contributed by atoms with E-state index in [1.807, 2.05) is 0 Å². The Morgan fingerprint density at radius 1 is 1.47 bits per heavy atom. The second kappa shape index (κ2) is 5.23. The molecule has 2 aromatic heterocycles. The molecule has 0 aliphatic rings. The zero-order valence-corrected chi connectivity index (χ0v) is 10.2. The molecule has 0 saturated heterocycles. The van der Waals surface area contributed by atoms with E-state index in [4.69, 9.17) is 0 Å². The summed E-state index contributed by atoms with van der Waals surface area (Å²) in [5, 5.41) is 6.29. The molecule has 0 spiro atoms. The first-order chi connectivity index (χ1) is 7.38. The maximum Gasteiger partial charge on any atom is 0.202 e. The highest BCUT2D eigenvalue weighted by molar-refractivity contribution is 7.10. The molecule has 0 unspecified atom stereocenters. The summed E-state index contributed by atoms with van der Waals surface area (Å²) in [7, 11) is 0. The molecule has 15 heavy (non-hydrogen) atoms. The number of thiophene rings is 1. The molecule has 0 radical (unpaired) electrons. The highest BCUT2D eigenvalue weighted by Crippen LogP contribution is 2.15. The first-order valence-electron chi connectivity index (χ1n) is 4.97. The molecular weight excluding hydrogens is 226 g/mol. The largest absolute Gasteiger partial charge is 0.355 e. The summed E-state index contributed by atoms with van der Waals surface area (Å²) in [4.78, 5) is 5.72. The van der Waals surface area contributed by atoms with Gasteiger partial charge >= 0.3 is 0 Å². The van der Waals surface area contributed by atoms with Crippen LogP contribution in [0.2, 0.25) is 0 Å². The molecule has 0 aliphatic carbocycles. The summed E-state index contributed by atoms with van der Waals surface area (Å²) in [6, 6.07) is 4.18. The van der Waals surface area contributed by atoms with E-state index in [1.165, 1.54) is 16.4 Å². The van der Waals surface area contributed by atoms with Crippen LogP contribution in [0.15, 0.2) is 17.5 Å².